The maximum atomic E-state index is 12.2. The summed E-state index contributed by atoms with van der Waals surface area (Å²) in [4.78, 5) is 20.9. The van der Waals surface area contributed by atoms with E-state index in [0.29, 0.717) is 17.7 Å². The molecule has 0 aromatic carbocycles. The second-order valence-electron chi connectivity index (χ2n) is 6.80. The summed E-state index contributed by atoms with van der Waals surface area (Å²) >= 11 is 0. The van der Waals surface area contributed by atoms with E-state index < -0.39 is 0 Å². The summed E-state index contributed by atoms with van der Waals surface area (Å²) in [6.07, 6.45) is 7.91. The van der Waals surface area contributed by atoms with Crippen LogP contribution < -0.4 is 5.32 Å². The smallest absolute Gasteiger partial charge is 0.226 e. The largest absolute Gasteiger partial charge is 0.311 e. The van der Waals surface area contributed by atoms with Crippen molar-refractivity contribution in [2.24, 2.45) is 11.3 Å². The number of hydrogen-bond acceptors (Lipinski definition) is 3. The second-order valence-corrected chi connectivity index (χ2v) is 6.80. The van der Waals surface area contributed by atoms with Crippen LogP contribution in [0, 0.1) is 18.3 Å². The van der Waals surface area contributed by atoms with E-state index in [2.05, 4.69) is 15.3 Å². The molecule has 2 aromatic rings. The fourth-order valence-electron chi connectivity index (χ4n) is 3.79. The van der Waals surface area contributed by atoms with Gasteiger partial charge in [0.05, 0.1) is 5.69 Å². The van der Waals surface area contributed by atoms with Gasteiger partial charge in [-0.1, -0.05) is 6.07 Å². The fourth-order valence-corrected chi connectivity index (χ4v) is 3.79. The molecule has 114 valence electrons. The molecule has 2 aromatic heterocycles. The zero-order chi connectivity index (χ0) is 15.2. The van der Waals surface area contributed by atoms with Crippen molar-refractivity contribution in [1.29, 1.82) is 0 Å². The van der Waals surface area contributed by atoms with E-state index in [-0.39, 0.29) is 7.33 Å². The molecule has 0 atom stereocenters. The molecule has 1 amide bonds. The van der Waals surface area contributed by atoms with E-state index in [1.54, 1.807) is 12.4 Å². The first-order valence-electron chi connectivity index (χ1n) is 7.81. The van der Waals surface area contributed by atoms with Crippen molar-refractivity contribution < 1.29 is 6.22 Å². The minimum Gasteiger partial charge on any atom is -0.311 e. The molecular weight excluding hydrogens is 274 g/mol. The maximum Gasteiger partial charge on any atom is 0.226 e. The highest BCUT2D eigenvalue weighted by Crippen LogP contribution is 2.66. The van der Waals surface area contributed by atoms with Crippen LogP contribution in [0.5, 0.6) is 0 Å². The second kappa shape index (κ2) is 4.90. The minimum absolute atomic E-state index is 0. The Morgan fingerprint density at radius 3 is 2.82 bits per heavy atom. The maximum absolute atomic E-state index is 12.2. The van der Waals surface area contributed by atoms with E-state index in [4.69, 9.17) is 0 Å². The highest BCUT2D eigenvalue weighted by molar-refractivity contribution is 5.91. The van der Waals surface area contributed by atoms with Crippen molar-refractivity contribution in [2.45, 2.75) is 32.6 Å². The van der Waals surface area contributed by atoms with Gasteiger partial charge in [-0.25, -0.2) is 4.98 Å². The van der Waals surface area contributed by atoms with Gasteiger partial charge in [0.2, 0.25) is 5.91 Å². The van der Waals surface area contributed by atoms with Crippen LogP contribution in [0.3, 0.4) is 0 Å². The molecule has 2 bridgehead atoms. The van der Waals surface area contributed by atoms with E-state index in [9.17, 15) is 4.79 Å². The van der Waals surface area contributed by atoms with Gasteiger partial charge in [-0.2, -0.15) is 0 Å². The van der Waals surface area contributed by atoms with Crippen LogP contribution in [-0.2, 0) is 4.79 Å². The monoisotopic (exact) mass is 295 g/mol. The SMILES string of the molecule is Cc1cnc(NC(=O)CC23CC(C2)C3)cc1-c1ccccn1.[HH]. The molecular formula is C18H21N3O. The van der Waals surface area contributed by atoms with E-state index in [1.165, 1.54) is 19.3 Å². The Kier molecular flexibility index (Phi) is 2.99. The first-order chi connectivity index (χ1) is 10.6. The van der Waals surface area contributed by atoms with Gasteiger partial charge in [0, 0.05) is 25.8 Å². The first kappa shape index (κ1) is 13.4. The molecule has 2 heterocycles. The van der Waals surface area contributed by atoms with Crippen LogP contribution in [0.4, 0.5) is 5.82 Å². The van der Waals surface area contributed by atoms with Gasteiger partial charge in [-0.15, -0.1) is 0 Å². The zero-order valence-corrected chi connectivity index (χ0v) is 12.7. The molecule has 0 aliphatic heterocycles. The Labute approximate surface area is 131 Å². The number of carbonyl (C=O) groups is 1. The van der Waals surface area contributed by atoms with Gasteiger partial charge in [0.1, 0.15) is 5.82 Å². The Hall–Kier alpha value is -2.23. The molecule has 0 spiro atoms. The molecule has 22 heavy (non-hydrogen) atoms. The zero-order valence-electron chi connectivity index (χ0n) is 12.7. The molecule has 4 heteroatoms. The third-order valence-electron chi connectivity index (χ3n) is 5.01. The van der Waals surface area contributed by atoms with Crippen molar-refractivity contribution in [2.75, 3.05) is 5.32 Å². The predicted octanol–water partition coefficient (Wildman–Crippen LogP) is 3.83. The minimum atomic E-state index is 0. The lowest BCUT2D eigenvalue weighted by molar-refractivity contribution is -0.139. The van der Waals surface area contributed by atoms with Crippen LogP contribution in [0.2, 0.25) is 0 Å². The summed E-state index contributed by atoms with van der Waals surface area (Å²) in [6, 6.07) is 7.74. The Morgan fingerprint density at radius 2 is 2.18 bits per heavy atom. The number of pyridine rings is 2. The molecule has 3 saturated carbocycles. The Bertz CT molecular complexity index is 715. The lowest BCUT2D eigenvalue weighted by atomic mass is 9.43. The molecule has 1 N–H and O–H groups in total. The van der Waals surface area contributed by atoms with Crippen molar-refractivity contribution >= 4 is 11.7 Å². The molecule has 3 aliphatic rings. The third-order valence-corrected chi connectivity index (χ3v) is 5.01. The molecule has 3 fully saturated rings. The van der Waals surface area contributed by atoms with E-state index in [0.717, 1.165) is 22.7 Å². The Morgan fingerprint density at radius 1 is 1.36 bits per heavy atom. The summed E-state index contributed by atoms with van der Waals surface area (Å²) in [7, 11) is 0. The lowest BCUT2D eigenvalue weighted by Crippen LogP contribution is -2.53. The van der Waals surface area contributed by atoms with Gasteiger partial charge >= 0.3 is 0 Å². The summed E-state index contributed by atoms with van der Waals surface area (Å²) in [5.41, 5.74) is 3.29. The normalized spacial score (nSPS) is 25.0. The number of amides is 1. The van der Waals surface area contributed by atoms with E-state index in [1.807, 2.05) is 31.2 Å². The van der Waals surface area contributed by atoms with Gasteiger partial charge < -0.3 is 5.32 Å². The quantitative estimate of drug-likeness (QED) is 0.932. The molecule has 4 nitrogen and oxygen atoms in total. The molecule has 3 aliphatic carbocycles. The highest BCUT2D eigenvalue weighted by Gasteiger charge is 2.56. The van der Waals surface area contributed by atoms with Crippen LogP contribution in [0.15, 0.2) is 36.7 Å². The standard InChI is InChI=1S/C18H19N3O.H2/c1-12-11-20-16(6-14(12)15-4-2-3-5-19-15)21-17(22)10-18-7-13(8-18)9-18;/h2-6,11,13H,7-10H2,1H3,(H,20,21,22);1H. The summed E-state index contributed by atoms with van der Waals surface area (Å²) < 4.78 is 0. The van der Waals surface area contributed by atoms with Gasteiger partial charge in [-0.3, -0.25) is 9.78 Å². The number of aromatic nitrogens is 2. The summed E-state index contributed by atoms with van der Waals surface area (Å²) in [5.74, 6) is 1.60. The number of nitrogens with one attached hydrogen (secondary N) is 1. The van der Waals surface area contributed by atoms with Crippen molar-refractivity contribution in [3.8, 4) is 11.3 Å². The molecule has 0 unspecified atom stereocenters. The predicted molar refractivity (Wildman–Crippen MR) is 87.3 cm³/mol. The molecule has 0 radical (unpaired) electrons. The molecule has 5 rings (SSSR count). The fraction of sp³-hybridized carbons (Fsp3) is 0.389. The average Bonchev–Trinajstić information content (AvgIpc) is 2.45. The topological polar surface area (TPSA) is 54.9 Å². The lowest BCUT2D eigenvalue weighted by Gasteiger charge is -2.61. The Balaban J connectivity index is 0.00000156. The van der Waals surface area contributed by atoms with Crippen LogP contribution in [0.1, 0.15) is 32.7 Å². The van der Waals surface area contributed by atoms with E-state index >= 15 is 0 Å². The number of anilines is 1. The number of aryl methyl sites for hydroxylation is 1. The number of nitrogens with zero attached hydrogens (tertiary/aromatic N) is 2. The average molecular weight is 295 g/mol. The van der Waals surface area contributed by atoms with Crippen molar-refractivity contribution in [3.05, 3.63) is 42.2 Å². The highest BCUT2D eigenvalue weighted by atomic mass is 16.1. The first-order valence-corrected chi connectivity index (χ1v) is 7.81. The van der Waals surface area contributed by atoms with Crippen LogP contribution >= 0.6 is 0 Å². The number of carbonyl (C=O) groups excluding carboxylic acids is 1. The number of rotatable bonds is 4. The van der Waals surface area contributed by atoms with Crippen LogP contribution in [-0.4, -0.2) is 15.9 Å². The van der Waals surface area contributed by atoms with Crippen molar-refractivity contribution in [1.82, 2.24) is 9.97 Å². The molecule has 0 saturated heterocycles. The van der Waals surface area contributed by atoms with Gasteiger partial charge in [0.25, 0.3) is 0 Å². The summed E-state index contributed by atoms with van der Waals surface area (Å²) in [5, 5.41) is 2.95. The van der Waals surface area contributed by atoms with Crippen molar-refractivity contribution in [3.63, 3.8) is 0 Å². The third kappa shape index (κ3) is 2.28. The van der Waals surface area contributed by atoms with Gasteiger partial charge in [-0.05, 0) is 61.3 Å². The van der Waals surface area contributed by atoms with Gasteiger partial charge in [0.15, 0.2) is 0 Å². The summed E-state index contributed by atoms with van der Waals surface area (Å²) in [6.45, 7) is 2.00. The number of hydrogen-bond donors (Lipinski definition) is 1. The van der Waals surface area contributed by atoms with Crippen LogP contribution in [0.25, 0.3) is 11.3 Å².